The van der Waals surface area contributed by atoms with E-state index in [1.165, 1.54) is 0 Å². The number of anilines is 1. The molecular weight excluding hydrogens is 296 g/mol. The van der Waals surface area contributed by atoms with Crippen molar-refractivity contribution in [3.8, 4) is 11.5 Å². The highest BCUT2D eigenvalue weighted by molar-refractivity contribution is 5.92. The van der Waals surface area contributed by atoms with E-state index < -0.39 is 0 Å². The van der Waals surface area contributed by atoms with Crippen LogP contribution in [0, 0.1) is 0 Å². The van der Waals surface area contributed by atoms with Crippen LogP contribution in [0.25, 0.3) is 0 Å². The van der Waals surface area contributed by atoms with E-state index in [0.29, 0.717) is 32.1 Å². The van der Waals surface area contributed by atoms with Crippen LogP contribution in [0.5, 0.6) is 11.5 Å². The van der Waals surface area contributed by atoms with Gasteiger partial charge in [-0.15, -0.1) is 0 Å². The Labute approximate surface area is 136 Å². The third kappa shape index (κ3) is 4.14. The molecule has 2 aliphatic rings. The summed E-state index contributed by atoms with van der Waals surface area (Å²) in [7, 11) is 0. The normalized spacial score (nSPS) is 24.8. The second-order valence-electron chi connectivity index (χ2n) is 6.18. The summed E-state index contributed by atoms with van der Waals surface area (Å²) in [5.41, 5.74) is 0.730. The molecule has 2 aliphatic heterocycles. The SMILES string of the molecule is CC1CN(CC(=O)Nc2ccc3c(c2)OCCCO3)C(C)CO1. The fraction of sp³-hybridized carbons (Fsp3) is 0.588. The molecule has 1 amide bonds. The van der Waals surface area contributed by atoms with E-state index in [4.69, 9.17) is 14.2 Å². The molecule has 0 saturated carbocycles. The van der Waals surface area contributed by atoms with Crippen molar-refractivity contribution in [2.24, 2.45) is 0 Å². The smallest absolute Gasteiger partial charge is 0.238 e. The number of hydrogen-bond acceptors (Lipinski definition) is 5. The van der Waals surface area contributed by atoms with Crippen molar-refractivity contribution in [1.82, 2.24) is 4.90 Å². The first kappa shape index (κ1) is 16.1. The highest BCUT2D eigenvalue weighted by atomic mass is 16.5. The topological polar surface area (TPSA) is 60.0 Å². The molecule has 0 aliphatic carbocycles. The van der Waals surface area contributed by atoms with Crippen molar-refractivity contribution in [3.05, 3.63) is 18.2 Å². The molecule has 2 heterocycles. The molecule has 1 N–H and O–H groups in total. The standard InChI is InChI=1S/C17H24N2O4/c1-12-11-23-13(2)9-19(12)10-17(20)18-14-4-5-15-16(8-14)22-7-3-6-21-15/h4-5,8,12-13H,3,6-7,9-11H2,1-2H3,(H,18,20). The zero-order chi connectivity index (χ0) is 16.2. The van der Waals surface area contributed by atoms with Gasteiger partial charge >= 0.3 is 0 Å². The number of hydrogen-bond donors (Lipinski definition) is 1. The largest absolute Gasteiger partial charge is 0.490 e. The molecule has 1 saturated heterocycles. The molecule has 0 radical (unpaired) electrons. The van der Waals surface area contributed by atoms with Crippen molar-refractivity contribution in [3.63, 3.8) is 0 Å². The van der Waals surface area contributed by atoms with Crippen molar-refractivity contribution in [2.75, 3.05) is 38.2 Å². The van der Waals surface area contributed by atoms with Crippen LogP contribution in [0.1, 0.15) is 20.3 Å². The van der Waals surface area contributed by atoms with Crippen molar-refractivity contribution >= 4 is 11.6 Å². The van der Waals surface area contributed by atoms with Crippen LogP contribution in [0.4, 0.5) is 5.69 Å². The first-order valence-electron chi connectivity index (χ1n) is 8.17. The quantitative estimate of drug-likeness (QED) is 0.922. The summed E-state index contributed by atoms with van der Waals surface area (Å²) in [4.78, 5) is 14.4. The number of rotatable bonds is 3. The number of nitrogens with zero attached hydrogens (tertiary/aromatic N) is 1. The Kier molecular flexibility index (Phi) is 5.03. The minimum Gasteiger partial charge on any atom is -0.490 e. The molecule has 2 atom stereocenters. The van der Waals surface area contributed by atoms with Gasteiger partial charge in [-0.25, -0.2) is 0 Å². The lowest BCUT2D eigenvalue weighted by molar-refractivity contribution is -0.121. The van der Waals surface area contributed by atoms with E-state index in [9.17, 15) is 4.79 Å². The fourth-order valence-electron chi connectivity index (χ4n) is 2.82. The number of ether oxygens (including phenoxy) is 3. The Morgan fingerprint density at radius 1 is 1.26 bits per heavy atom. The molecule has 6 nitrogen and oxygen atoms in total. The Bertz CT molecular complexity index is 564. The molecular formula is C17H24N2O4. The van der Waals surface area contributed by atoms with E-state index in [2.05, 4.69) is 17.1 Å². The summed E-state index contributed by atoms with van der Waals surface area (Å²) in [5, 5.41) is 2.94. The predicted octanol–water partition coefficient (Wildman–Crippen LogP) is 1.90. The van der Waals surface area contributed by atoms with Gasteiger partial charge in [0.15, 0.2) is 11.5 Å². The lowest BCUT2D eigenvalue weighted by Gasteiger charge is -2.36. The third-order valence-corrected chi connectivity index (χ3v) is 4.11. The van der Waals surface area contributed by atoms with Gasteiger partial charge in [0, 0.05) is 30.8 Å². The first-order chi connectivity index (χ1) is 11.1. The number of fused-ring (bicyclic) bond motifs is 1. The number of morpholine rings is 1. The Morgan fingerprint density at radius 2 is 2.04 bits per heavy atom. The van der Waals surface area contributed by atoms with Gasteiger partial charge in [-0.2, -0.15) is 0 Å². The van der Waals surface area contributed by atoms with Crippen LogP contribution >= 0.6 is 0 Å². The maximum Gasteiger partial charge on any atom is 0.238 e. The highest BCUT2D eigenvalue weighted by Gasteiger charge is 2.25. The Morgan fingerprint density at radius 3 is 2.87 bits per heavy atom. The van der Waals surface area contributed by atoms with E-state index in [0.717, 1.165) is 24.4 Å². The van der Waals surface area contributed by atoms with E-state index in [-0.39, 0.29) is 18.1 Å². The van der Waals surface area contributed by atoms with Gasteiger partial charge in [0.2, 0.25) is 5.91 Å². The van der Waals surface area contributed by atoms with E-state index in [1.807, 2.05) is 25.1 Å². The number of carbonyl (C=O) groups excluding carboxylic acids is 1. The Balaban J connectivity index is 1.60. The summed E-state index contributed by atoms with van der Waals surface area (Å²) in [6.45, 7) is 7.20. The van der Waals surface area contributed by atoms with Gasteiger partial charge < -0.3 is 19.5 Å². The number of nitrogens with one attached hydrogen (secondary N) is 1. The molecule has 3 rings (SSSR count). The monoisotopic (exact) mass is 320 g/mol. The van der Waals surface area contributed by atoms with Crippen LogP contribution in [0.3, 0.4) is 0 Å². The summed E-state index contributed by atoms with van der Waals surface area (Å²) in [6, 6.07) is 5.76. The maximum atomic E-state index is 12.3. The number of benzene rings is 1. The van der Waals surface area contributed by atoms with Gasteiger partial charge in [-0.3, -0.25) is 9.69 Å². The van der Waals surface area contributed by atoms with Gasteiger partial charge in [0.1, 0.15) is 0 Å². The zero-order valence-electron chi connectivity index (χ0n) is 13.7. The van der Waals surface area contributed by atoms with E-state index >= 15 is 0 Å². The molecule has 6 heteroatoms. The molecule has 1 fully saturated rings. The van der Waals surface area contributed by atoms with Gasteiger partial charge in [-0.1, -0.05) is 0 Å². The third-order valence-electron chi connectivity index (χ3n) is 4.11. The van der Waals surface area contributed by atoms with Crippen LogP contribution < -0.4 is 14.8 Å². The molecule has 126 valence electrons. The molecule has 0 bridgehead atoms. The Hall–Kier alpha value is -1.79. The average molecular weight is 320 g/mol. The van der Waals surface area contributed by atoms with Crippen LogP contribution in [-0.4, -0.2) is 55.9 Å². The summed E-state index contributed by atoms with van der Waals surface area (Å²) < 4.78 is 16.8. The highest BCUT2D eigenvalue weighted by Crippen LogP contribution is 2.32. The number of carbonyl (C=O) groups is 1. The summed E-state index contributed by atoms with van der Waals surface area (Å²) >= 11 is 0. The van der Waals surface area contributed by atoms with Crippen LogP contribution in [-0.2, 0) is 9.53 Å². The summed E-state index contributed by atoms with van der Waals surface area (Å²) in [5.74, 6) is 1.39. The van der Waals surface area contributed by atoms with Crippen molar-refractivity contribution in [1.29, 1.82) is 0 Å². The molecule has 23 heavy (non-hydrogen) atoms. The second-order valence-corrected chi connectivity index (χ2v) is 6.18. The zero-order valence-corrected chi connectivity index (χ0v) is 13.7. The molecule has 1 aromatic rings. The van der Waals surface area contributed by atoms with Crippen molar-refractivity contribution < 1.29 is 19.0 Å². The molecule has 0 aromatic heterocycles. The maximum absolute atomic E-state index is 12.3. The van der Waals surface area contributed by atoms with Gasteiger partial charge in [0.25, 0.3) is 0 Å². The first-order valence-corrected chi connectivity index (χ1v) is 8.17. The minimum atomic E-state index is -0.0274. The lowest BCUT2D eigenvalue weighted by atomic mass is 10.2. The molecule has 0 spiro atoms. The summed E-state index contributed by atoms with van der Waals surface area (Å²) in [6.07, 6.45) is 1.03. The number of amides is 1. The average Bonchev–Trinajstić information content (AvgIpc) is 2.75. The molecule has 1 aromatic carbocycles. The lowest BCUT2D eigenvalue weighted by Crippen LogP contribution is -2.50. The second kappa shape index (κ2) is 7.19. The molecule has 2 unspecified atom stereocenters. The fourth-order valence-corrected chi connectivity index (χ4v) is 2.82. The van der Waals surface area contributed by atoms with Gasteiger partial charge in [-0.05, 0) is 26.0 Å². The van der Waals surface area contributed by atoms with Crippen LogP contribution in [0.15, 0.2) is 18.2 Å². The van der Waals surface area contributed by atoms with Crippen LogP contribution in [0.2, 0.25) is 0 Å². The van der Waals surface area contributed by atoms with E-state index in [1.54, 1.807) is 0 Å². The van der Waals surface area contributed by atoms with Crippen molar-refractivity contribution in [2.45, 2.75) is 32.4 Å². The minimum absolute atomic E-state index is 0.0274. The predicted molar refractivity (Wildman–Crippen MR) is 87.1 cm³/mol. The van der Waals surface area contributed by atoms with Gasteiger partial charge in [0.05, 0.1) is 32.5 Å².